The molecule has 4 nitrogen and oxygen atoms in total. The van der Waals surface area contributed by atoms with Crippen LogP contribution in [0.15, 0.2) is 109 Å². The molecule has 6 aromatic rings. The fourth-order valence-corrected chi connectivity index (χ4v) is 6.03. The molecule has 0 aliphatic carbocycles. The molecule has 43 heavy (non-hydrogen) atoms. The van der Waals surface area contributed by atoms with Crippen LogP contribution in [0.1, 0.15) is 49.2 Å². The molecule has 6 rings (SSSR count). The number of aromatic nitrogens is 2. The summed E-state index contributed by atoms with van der Waals surface area (Å²) in [6.45, 7) is 5.08. The number of fused-ring (bicyclic) bond motifs is 2. The van der Waals surface area contributed by atoms with Crippen LogP contribution in [0.2, 0.25) is 10.0 Å². The zero-order valence-corrected chi connectivity index (χ0v) is 25.7. The van der Waals surface area contributed by atoms with Crippen LogP contribution < -0.4 is 9.47 Å². The number of halogens is 2. The Balaban J connectivity index is 1.18. The predicted molar refractivity (Wildman–Crippen MR) is 176 cm³/mol. The Bertz CT molecular complexity index is 1770. The average Bonchev–Trinajstić information content (AvgIpc) is 3.03. The smallest absolute Gasteiger partial charge is 0.138 e. The molecule has 0 saturated carbocycles. The minimum Gasteiger partial charge on any atom is -0.486 e. The lowest BCUT2D eigenvalue weighted by Crippen LogP contribution is -2.23. The number of rotatable bonds is 10. The van der Waals surface area contributed by atoms with Crippen LogP contribution in [0.5, 0.6) is 11.5 Å². The van der Waals surface area contributed by atoms with Crippen LogP contribution in [0, 0.1) is 0 Å². The van der Waals surface area contributed by atoms with Gasteiger partial charge in [0, 0.05) is 16.2 Å². The summed E-state index contributed by atoms with van der Waals surface area (Å²) in [7, 11) is 0. The molecule has 0 saturated heterocycles. The van der Waals surface area contributed by atoms with Gasteiger partial charge in [-0.05, 0) is 66.1 Å². The van der Waals surface area contributed by atoms with Gasteiger partial charge < -0.3 is 9.47 Å². The molecule has 0 aliphatic heterocycles. The number of ether oxygens (including phenoxy) is 2. The second-order valence-corrected chi connectivity index (χ2v) is 11.8. The van der Waals surface area contributed by atoms with Crippen molar-refractivity contribution >= 4 is 45.0 Å². The Morgan fingerprint density at radius 1 is 0.605 bits per heavy atom. The fourth-order valence-electron chi connectivity index (χ4n) is 5.56. The molecule has 4 aromatic carbocycles. The lowest BCUT2D eigenvalue weighted by atomic mass is 9.73. The third-order valence-electron chi connectivity index (χ3n) is 7.95. The molecule has 6 heteroatoms. The molecule has 0 N–H and O–H groups in total. The monoisotopic (exact) mass is 606 g/mol. The minimum atomic E-state index is -0.307. The number of hydrogen-bond donors (Lipinski definition) is 0. The van der Waals surface area contributed by atoms with E-state index in [-0.39, 0.29) is 5.41 Å². The molecule has 0 atom stereocenters. The van der Waals surface area contributed by atoms with E-state index in [1.807, 2.05) is 84.9 Å². The first kappa shape index (κ1) is 29.0. The van der Waals surface area contributed by atoms with Crippen LogP contribution in [0.3, 0.4) is 0 Å². The van der Waals surface area contributed by atoms with E-state index in [9.17, 15) is 0 Å². The van der Waals surface area contributed by atoms with Gasteiger partial charge in [0.25, 0.3) is 0 Å². The SMILES string of the molecule is CCCC(C)(c1ccc(OCc2ccc3ccccc3n2)c(Cl)c1)c1ccc(OCc2ccc3ccccc3n2)c(Cl)c1. The summed E-state index contributed by atoms with van der Waals surface area (Å²) in [5, 5.41) is 3.33. The molecule has 0 radical (unpaired) electrons. The number of benzene rings is 4. The Hall–Kier alpha value is -4.12. The topological polar surface area (TPSA) is 44.2 Å². The van der Waals surface area contributed by atoms with Crippen molar-refractivity contribution in [1.29, 1.82) is 0 Å². The van der Waals surface area contributed by atoms with Crippen LogP contribution in [-0.2, 0) is 18.6 Å². The summed E-state index contributed by atoms with van der Waals surface area (Å²) in [5.41, 5.74) is 5.48. The Kier molecular flexibility index (Phi) is 8.51. The molecule has 0 fully saturated rings. The maximum Gasteiger partial charge on any atom is 0.138 e. The van der Waals surface area contributed by atoms with Gasteiger partial charge in [-0.1, -0.05) is 104 Å². The molecule has 216 valence electrons. The van der Waals surface area contributed by atoms with E-state index in [1.165, 1.54) is 0 Å². The minimum absolute atomic E-state index is 0.307. The lowest BCUT2D eigenvalue weighted by molar-refractivity contribution is 0.301. The molecule has 2 aromatic heterocycles. The highest BCUT2D eigenvalue weighted by molar-refractivity contribution is 6.32. The van der Waals surface area contributed by atoms with Crippen molar-refractivity contribution in [3.8, 4) is 11.5 Å². The van der Waals surface area contributed by atoms with Gasteiger partial charge in [-0.3, -0.25) is 0 Å². The molecule has 0 unspecified atom stereocenters. The van der Waals surface area contributed by atoms with Gasteiger partial charge in [0.05, 0.1) is 32.5 Å². The van der Waals surface area contributed by atoms with Crippen LogP contribution in [0.4, 0.5) is 0 Å². The summed E-state index contributed by atoms with van der Waals surface area (Å²) in [5.74, 6) is 1.26. The lowest BCUT2D eigenvalue weighted by Gasteiger charge is -2.31. The van der Waals surface area contributed by atoms with Crippen molar-refractivity contribution in [1.82, 2.24) is 9.97 Å². The normalized spacial score (nSPS) is 11.6. The maximum atomic E-state index is 6.78. The molecule has 0 bridgehead atoms. The van der Waals surface area contributed by atoms with E-state index < -0.39 is 0 Å². The first-order chi connectivity index (χ1) is 20.9. The van der Waals surface area contributed by atoms with Gasteiger partial charge in [0.1, 0.15) is 24.7 Å². The zero-order valence-electron chi connectivity index (χ0n) is 24.2. The summed E-state index contributed by atoms with van der Waals surface area (Å²) < 4.78 is 12.2. The van der Waals surface area contributed by atoms with Gasteiger partial charge in [-0.25, -0.2) is 9.97 Å². The average molecular weight is 608 g/mol. The van der Waals surface area contributed by atoms with Gasteiger partial charge in [0.15, 0.2) is 0 Å². The standard InChI is InChI=1S/C37H32Cl2N2O2/c1-3-20-37(2,27-14-18-35(31(38)21-27)42-23-29-16-12-25-8-4-6-10-33(25)40-29)28-15-19-36(32(39)22-28)43-24-30-17-13-26-9-5-7-11-34(26)41-30/h4-19,21-22H,3,20,23-24H2,1-2H3. The molecule has 0 amide bonds. The zero-order chi connectivity index (χ0) is 29.8. The highest BCUT2D eigenvalue weighted by Gasteiger charge is 2.29. The van der Waals surface area contributed by atoms with E-state index >= 15 is 0 Å². The van der Waals surface area contributed by atoms with Gasteiger partial charge in [-0.15, -0.1) is 0 Å². The van der Waals surface area contributed by atoms with Crippen LogP contribution >= 0.6 is 23.2 Å². The van der Waals surface area contributed by atoms with E-state index in [0.29, 0.717) is 34.8 Å². The Labute approximate surface area is 262 Å². The quantitative estimate of drug-likeness (QED) is 0.155. The summed E-state index contributed by atoms with van der Waals surface area (Å²) in [6, 6.07) is 36.3. The highest BCUT2D eigenvalue weighted by atomic mass is 35.5. The van der Waals surface area contributed by atoms with Crippen LogP contribution in [0.25, 0.3) is 21.8 Å². The summed E-state index contributed by atoms with van der Waals surface area (Å²) in [4.78, 5) is 9.41. The van der Waals surface area contributed by atoms with E-state index in [0.717, 1.165) is 57.2 Å². The van der Waals surface area contributed by atoms with E-state index in [1.54, 1.807) is 0 Å². The molecular weight excluding hydrogens is 575 g/mol. The molecular formula is C37H32Cl2N2O2. The first-order valence-electron chi connectivity index (χ1n) is 14.5. The van der Waals surface area contributed by atoms with Crippen molar-refractivity contribution < 1.29 is 9.47 Å². The van der Waals surface area contributed by atoms with Crippen molar-refractivity contribution in [3.05, 3.63) is 142 Å². The largest absolute Gasteiger partial charge is 0.486 e. The van der Waals surface area contributed by atoms with Crippen molar-refractivity contribution in [3.63, 3.8) is 0 Å². The van der Waals surface area contributed by atoms with Gasteiger partial charge in [0.2, 0.25) is 0 Å². The van der Waals surface area contributed by atoms with E-state index in [2.05, 4.69) is 38.1 Å². The molecule has 2 heterocycles. The number of hydrogen-bond acceptors (Lipinski definition) is 4. The molecule has 0 aliphatic rings. The van der Waals surface area contributed by atoms with Gasteiger partial charge >= 0.3 is 0 Å². The maximum absolute atomic E-state index is 6.78. The summed E-state index contributed by atoms with van der Waals surface area (Å²) in [6.07, 6.45) is 1.91. The number of pyridine rings is 2. The second kappa shape index (κ2) is 12.6. The fraction of sp³-hybridized carbons (Fsp3) is 0.189. The number of nitrogens with zero attached hydrogens (tertiary/aromatic N) is 2. The Morgan fingerprint density at radius 3 is 1.51 bits per heavy atom. The third-order valence-corrected chi connectivity index (χ3v) is 8.54. The predicted octanol–water partition coefficient (Wildman–Crippen LogP) is 10.4. The van der Waals surface area contributed by atoms with Gasteiger partial charge in [-0.2, -0.15) is 0 Å². The second-order valence-electron chi connectivity index (χ2n) is 10.9. The van der Waals surface area contributed by atoms with E-state index in [4.69, 9.17) is 42.6 Å². The first-order valence-corrected chi connectivity index (χ1v) is 15.2. The highest BCUT2D eigenvalue weighted by Crippen LogP contribution is 2.42. The Morgan fingerprint density at radius 2 is 1.07 bits per heavy atom. The number of para-hydroxylation sites is 2. The van der Waals surface area contributed by atoms with Crippen molar-refractivity contribution in [2.45, 2.75) is 45.3 Å². The van der Waals surface area contributed by atoms with Crippen LogP contribution in [-0.4, -0.2) is 9.97 Å². The molecule has 0 spiro atoms. The van der Waals surface area contributed by atoms with Crippen molar-refractivity contribution in [2.24, 2.45) is 0 Å². The van der Waals surface area contributed by atoms with Crippen molar-refractivity contribution in [2.75, 3.05) is 0 Å². The third kappa shape index (κ3) is 6.31. The summed E-state index contributed by atoms with van der Waals surface area (Å²) >= 11 is 13.6.